The van der Waals surface area contributed by atoms with E-state index in [9.17, 15) is 9.18 Å². The lowest BCUT2D eigenvalue weighted by Crippen LogP contribution is -2.42. The van der Waals surface area contributed by atoms with Crippen LogP contribution in [0.1, 0.15) is 75.8 Å². The van der Waals surface area contributed by atoms with Gasteiger partial charge in [0.25, 0.3) is 0 Å². The van der Waals surface area contributed by atoms with Crippen molar-refractivity contribution in [2.75, 3.05) is 14.2 Å². The Kier molecular flexibility index (Phi) is 6.24. The number of hydrogen-bond acceptors (Lipinski definition) is 5. The predicted octanol–water partition coefficient (Wildman–Crippen LogP) is 6.86. The number of fused-ring (bicyclic) bond motifs is 2. The molecule has 200 valence electrons. The molecule has 1 aliphatic heterocycles. The van der Waals surface area contributed by atoms with Gasteiger partial charge in [-0.15, -0.1) is 0 Å². The normalized spacial score (nSPS) is 20.4. The number of methoxy groups -OCH3 is 2. The van der Waals surface area contributed by atoms with Crippen LogP contribution in [0.5, 0.6) is 11.5 Å². The van der Waals surface area contributed by atoms with E-state index in [1.165, 1.54) is 6.07 Å². The first-order valence-corrected chi connectivity index (χ1v) is 13.1. The van der Waals surface area contributed by atoms with E-state index in [-0.39, 0.29) is 28.3 Å². The number of ketones is 1. The third kappa shape index (κ3) is 4.22. The lowest BCUT2D eigenvalue weighted by atomic mass is 9.63. The Morgan fingerprint density at radius 3 is 2.39 bits per heavy atom. The van der Waals surface area contributed by atoms with Crippen LogP contribution in [-0.4, -0.2) is 35.5 Å². The van der Waals surface area contributed by atoms with Crippen LogP contribution in [-0.2, 0) is 10.2 Å². The average molecular weight is 518 g/mol. The minimum Gasteiger partial charge on any atom is -0.493 e. The SMILES string of the molecule is COc1ccc(C2c3c(C(C)(C)C)nn(-c4cccc(F)c4C)c3N=C3CC(C)(C)CC(=O)C32)cc1OC. The first-order valence-electron chi connectivity index (χ1n) is 13.1. The quantitative estimate of drug-likeness (QED) is 0.379. The molecule has 0 radical (unpaired) electrons. The van der Waals surface area contributed by atoms with Gasteiger partial charge in [-0.2, -0.15) is 5.10 Å². The molecule has 1 fully saturated rings. The van der Waals surface area contributed by atoms with Gasteiger partial charge in [-0.05, 0) is 48.6 Å². The second-order valence-electron chi connectivity index (χ2n) is 12.3. The summed E-state index contributed by atoms with van der Waals surface area (Å²) >= 11 is 0. The summed E-state index contributed by atoms with van der Waals surface area (Å²) in [5.74, 6) is 1.07. The van der Waals surface area contributed by atoms with Gasteiger partial charge in [-0.25, -0.2) is 14.1 Å². The van der Waals surface area contributed by atoms with Gasteiger partial charge >= 0.3 is 0 Å². The number of aromatic nitrogens is 2. The number of nitrogens with zero attached hydrogens (tertiary/aromatic N) is 3. The van der Waals surface area contributed by atoms with Crippen molar-refractivity contribution in [1.82, 2.24) is 9.78 Å². The third-order valence-corrected chi connectivity index (χ3v) is 7.75. The zero-order valence-corrected chi connectivity index (χ0v) is 23.5. The number of aliphatic imine (C=N–C) groups is 1. The number of carbonyl (C=O) groups excluding carboxylic acids is 1. The zero-order chi connectivity index (χ0) is 27.6. The van der Waals surface area contributed by atoms with E-state index in [1.54, 1.807) is 31.9 Å². The van der Waals surface area contributed by atoms with Crippen molar-refractivity contribution in [2.24, 2.45) is 16.3 Å². The van der Waals surface area contributed by atoms with Crippen LogP contribution >= 0.6 is 0 Å². The smallest absolute Gasteiger partial charge is 0.161 e. The molecule has 2 heterocycles. The summed E-state index contributed by atoms with van der Waals surface area (Å²) in [5, 5.41) is 5.08. The Balaban J connectivity index is 1.86. The standard InChI is InChI=1S/C31H36FN3O3/c1-17-19(32)10-9-11-21(17)35-29-27(28(34-35)30(2,3)4)25(18-12-13-23(37-7)24(14-18)38-8)26-20(33-29)15-31(5,6)16-22(26)36/h9-14,25-26H,15-16H2,1-8H3. The molecule has 0 saturated heterocycles. The summed E-state index contributed by atoms with van der Waals surface area (Å²) in [6, 6.07) is 10.9. The molecule has 5 rings (SSSR count). The maximum absolute atomic E-state index is 14.7. The molecule has 0 spiro atoms. The van der Waals surface area contributed by atoms with Gasteiger partial charge in [-0.1, -0.05) is 46.8 Å². The highest BCUT2D eigenvalue weighted by molar-refractivity contribution is 6.11. The molecule has 2 aromatic carbocycles. The fourth-order valence-electron chi connectivity index (χ4n) is 5.99. The van der Waals surface area contributed by atoms with Crippen LogP contribution in [0.2, 0.25) is 0 Å². The van der Waals surface area contributed by atoms with Gasteiger partial charge in [0.05, 0.1) is 31.5 Å². The summed E-state index contributed by atoms with van der Waals surface area (Å²) in [6.07, 6.45) is 1.18. The topological polar surface area (TPSA) is 65.7 Å². The maximum atomic E-state index is 14.7. The molecule has 1 saturated carbocycles. The van der Waals surface area contributed by atoms with Crippen LogP contribution < -0.4 is 9.47 Å². The Labute approximate surface area is 223 Å². The van der Waals surface area contributed by atoms with Crippen molar-refractivity contribution in [3.8, 4) is 17.2 Å². The van der Waals surface area contributed by atoms with Crippen LogP contribution in [0, 0.1) is 24.1 Å². The zero-order valence-electron chi connectivity index (χ0n) is 23.5. The summed E-state index contributed by atoms with van der Waals surface area (Å²) in [4.78, 5) is 19.0. The highest BCUT2D eigenvalue weighted by Gasteiger charge is 2.49. The molecule has 0 bridgehead atoms. The lowest BCUT2D eigenvalue weighted by molar-refractivity contribution is -0.124. The number of ether oxygens (including phenoxy) is 2. The minimum atomic E-state index is -0.402. The van der Waals surface area contributed by atoms with Crippen molar-refractivity contribution in [2.45, 2.75) is 65.7 Å². The van der Waals surface area contributed by atoms with Crippen molar-refractivity contribution in [1.29, 1.82) is 0 Å². The minimum absolute atomic E-state index is 0.181. The second-order valence-corrected chi connectivity index (χ2v) is 12.3. The molecule has 7 heteroatoms. The molecule has 0 N–H and O–H groups in total. The van der Waals surface area contributed by atoms with E-state index in [2.05, 4.69) is 34.6 Å². The van der Waals surface area contributed by atoms with Gasteiger partial charge in [-0.3, -0.25) is 4.79 Å². The monoisotopic (exact) mass is 517 g/mol. The number of rotatable bonds is 4. The Bertz CT molecular complexity index is 1460. The largest absolute Gasteiger partial charge is 0.493 e. The summed E-state index contributed by atoms with van der Waals surface area (Å²) < 4.78 is 27.6. The number of Topliss-reactive ketones (excluding diaryl/α,β-unsaturated/α-hetero) is 1. The van der Waals surface area contributed by atoms with Crippen LogP contribution in [0.15, 0.2) is 41.4 Å². The molecular weight excluding hydrogens is 481 g/mol. The summed E-state index contributed by atoms with van der Waals surface area (Å²) in [6.45, 7) is 12.3. The van der Waals surface area contributed by atoms with Gasteiger partial charge in [0.1, 0.15) is 11.6 Å². The molecule has 3 aromatic rings. The fraction of sp³-hybridized carbons (Fsp3) is 0.452. The van der Waals surface area contributed by atoms with Crippen LogP contribution in [0.25, 0.3) is 5.69 Å². The number of hydrogen-bond donors (Lipinski definition) is 0. The molecule has 2 unspecified atom stereocenters. The van der Waals surface area contributed by atoms with Gasteiger partial charge in [0.2, 0.25) is 0 Å². The predicted molar refractivity (Wildman–Crippen MR) is 147 cm³/mol. The molecule has 1 aromatic heterocycles. The number of carbonyl (C=O) groups is 1. The van der Waals surface area contributed by atoms with E-state index in [1.807, 2.05) is 24.3 Å². The molecular formula is C31H36FN3O3. The fourth-order valence-corrected chi connectivity index (χ4v) is 5.99. The second kappa shape index (κ2) is 9.07. The highest BCUT2D eigenvalue weighted by atomic mass is 19.1. The van der Waals surface area contributed by atoms with Crippen molar-refractivity contribution < 1.29 is 18.7 Å². The summed E-state index contributed by atoms with van der Waals surface area (Å²) in [5.41, 5.74) is 4.15. The first kappa shape index (κ1) is 26.1. The van der Waals surface area contributed by atoms with Crippen LogP contribution in [0.4, 0.5) is 10.2 Å². The van der Waals surface area contributed by atoms with Gasteiger partial charge in [0.15, 0.2) is 17.3 Å². The Morgan fingerprint density at radius 2 is 1.74 bits per heavy atom. The van der Waals surface area contributed by atoms with Crippen LogP contribution in [0.3, 0.4) is 0 Å². The molecule has 2 aliphatic rings. The Hall–Kier alpha value is -3.48. The molecule has 38 heavy (non-hydrogen) atoms. The highest BCUT2D eigenvalue weighted by Crippen LogP contribution is 2.53. The van der Waals surface area contributed by atoms with Gasteiger partial charge in [0, 0.05) is 34.6 Å². The van der Waals surface area contributed by atoms with Crippen molar-refractivity contribution in [3.05, 3.63) is 64.6 Å². The van der Waals surface area contributed by atoms with Crippen molar-refractivity contribution in [3.63, 3.8) is 0 Å². The van der Waals surface area contributed by atoms with E-state index < -0.39 is 5.92 Å². The number of benzene rings is 2. The third-order valence-electron chi connectivity index (χ3n) is 7.75. The van der Waals surface area contributed by atoms with E-state index in [0.29, 0.717) is 41.4 Å². The lowest BCUT2D eigenvalue weighted by Gasteiger charge is -2.41. The Morgan fingerprint density at radius 1 is 1.03 bits per heavy atom. The molecule has 0 amide bonds. The average Bonchev–Trinajstić information content (AvgIpc) is 3.22. The first-order chi connectivity index (χ1) is 17.9. The van der Waals surface area contributed by atoms with Gasteiger partial charge < -0.3 is 9.47 Å². The van der Waals surface area contributed by atoms with E-state index in [0.717, 1.165) is 22.5 Å². The molecule has 6 nitrogen and oxygen atoms in total. The molecule has 2 atom stereocenters. The van der Waals surface area contributed by atoms with Crippen molar-refractivity contribution >= 4 is 17.3 Å². The van der Waals surface area contributed by atoms with E-state index in [4.69, 9.17) is 19.6 Å². The summed E-state index contributed by atoms with van der Waals surface area (Å²) in [7, 11) is 3.22. The number of halogens is 1. The molecule has 1 aliphatic carbocycles. The maximum Gasteiger partial charge on any atom is 0.161 e. The van der Waals surface area contributed by atoms with E-state index >= 15 is 0 Å².